The summed E-state index contributed by atoms with van der Waals surface area (Å²) >= 11 is 0. The van der Waals surface area contributed by atoms with Crippen molar-refractivity contribution >= 4 is 5.97 Å². The summed E-state index contributed by atoms with van der Waals surface area (Å²) < 4.78 is 0. The Balaban J connectivity index is 2.26. The molecule has 0 amide bonds. The van der Waals surface area contributed by atoms with Gasteiger partial charge in [0, 0.05) is 0 Å². The van der Waals surface area contributed by atoms with E-state index in [0.717, 1.165) is 19.3 Å². The molecule has 0 bridgehead atoms. The van der Waals surface area contributed by atoms with Crippen molar-refractivity contribution in [1.29, 1.82) is 0 Å². The van der Waals surface area contributed by atoms with Gasteiger partial charge in [-0.25, -0.2) is 0 Å². The van der Waals surface area contributed by atoms with Crippen LogP contribution in [0.2, 0.25) is 0 Å². The van der Waals surface area contributed by atoms with E-state index in [0.29, 0.717) is 6.42 Å². The third-order valence-electron chi connectivity index (χ3n) is 3.80. The molecule has 0 atom stereocenters. The van der Waals surface area contributed by atoms with Crippen LogP contribution in [-0.4, -0.2) is 11.1 Å². The summed E-state index contributed by atoms with van der Waals surface area (Å²) in [7, 11) is 0. The molecule has 2 rings (SSSR count). The number of carboxylic acids is 1. The number of carbonyl (C=O) groups is 1. The van der Waals surface area contributed by atoms with Crippen molar-refractivity contribution in [2.75, 3.05) is 0 Å². The van der Waals surface area contributed by atoms with Crippen molar-refractivity contribution in [2.24, 2.45) is 5.41 Å². The van der Waals surface area contributed by atoms with E-state index in [1.165, 1.54) is 16.7 Å². The molecule has 0 saturated heterocycles. The standard InChI is InChI=1S/C14H18O2/c1-10-4-5-11(2)12(8-10)9-14(13(15)16)6-3-7-14/h4-5,8H,3,6-7,9H2,1-2H3,(H,15,16). The Kier molecular flexibility index (Phi) is 2.75. The fourth-order valence-electron chi connectivity index (χ4n) is 2.43. The lowest BCUT2D eigenvalue weighted by molar-refractivity contribution is -0.154. The largest absolute Gasteiger partial charge is 0.481 e. The zero-order valence-corrected chi connectivity index (χ0v) is 9.92. The maximum absolute atomic E-state index is 11.3. The van der Waals surface area contributed by atoms with Crippen molar-refractivity contribution in [3.8, 4) is 0 Å². The van der Waals surface area contributed by atoms with Crippen molar-refractivity contribution in [3.05, 3.63) is 34.9 Å². The van der Waals surface area contributed by atoms with Gasteiger partial charge in [0.2, 0.25) is 0 Å². The van der Waals surface area contributed by atoms with Crippen molar-refractivity contribution in [2.45, 2.75) is 39.5 Å². The third kappa shape index (κ3) is 1.84. The molecule has 1 aliphatic carbocycles. The summed E-state index contributed by atoms with van der Waals surface area (Å²) in [6.07, 6.45) is 3.40. The van der Waals surface area contributed by atoms with E-state index in [1.54, 1.807) is 0 Å². The zero-order chi connectivity index (χ0) is 11.8. The van der Waals surface area contributed by atoms with Gasteiger partial charge < -0.3 is 5.11 Å². The average Bonchev–Trinajstić information content (AvgIpc) is 2.16. The number of aliphatic carboxylic acids is 1. The summed E-state index contributed by atoms with van der Waals surface area (Å²) in [5, 5.41) is 9.31. The Morgan fingerprint density at radius 2 is 2.06 bits per heavy atom. The molecule has 2 heteroatoms. The minimum atomic E-state index is -0.625. The zero-order valence-electron chi connectivity index (χ0n) is 9.92. The van der Waals surface area contributed by atoms with E-state index in [1.807, 2.05) is 0 Å². The van der Waals surface area contributed by atoms with Gasteiger partial charge in [-0.15, -0.1) is 0 Å². The van der Waals surface area contributed by atoms with Crippen LogP contribution in [0.15, 0.2) is 18.2 Å². The SMILES string of the molecule is Cc1ccc(C)c(CC2(C(=O)O)CCC2)c1. The number of benzene rings is 1. The number of carboxylic acid groups (broad SMARTS) is 1. The number of aryl methyl sites for hydroxylation is 2. The van der Waals surface area contributed by atoms with E-state index in [2.05, 4.69) is 32.0 Å². The van der Waals surface area contributed by atoms with E-state index in [4.69, 9.17) is 0 Å². The van der Waals surface area contributed by atoms with Crippen molar-refractivity contribution < 1.29 is 9.90 Å². The van der Waals surface area contributed by atoms with Gasteiger partial charge in [-0.2, -0.15) is 0 Å². The Morgan fingerprint density at radius 3 is 2.56 bits per heavy atom. The van der Waals surface area contributed by atoms with Crippen molar-refractivity contribution in [3.63, 3.8) is 0 Å². The topological polar surface area (TPSA) is 37.3 Å². The summed E-state index contributed by atoms with van der Waals surface area (Å²) in [5.74, 6) is -0.625. The molecule has 2 nitrogen and oxygen atoms in total. The van der Waals surface area contributed by atoms with Gasteiger partial charge in [0.25, 0.3) is 0 Å². The van der Waals surface area contributed by atoms with Crippen LogP contribution in [0, 0.1) is 19.3 Å². The normalized spacial score (nSPS) is 17.9. The second-order valence-electron chi connectivity index (χ2n) is 5.05. The van der Waals surface area contributed by atoms with Gasteiger partial charge in [-0.3, -0.25) is 4.79 Å². The smallest absolute Gasteiger partial charge is 0.309 e. The molecule has 0 aromatic heterocycles. The third-order valence-corrected chi connectivity index (χ3v) is 3.80. The van der Waals surface area contributed by atoms with Crippen molar-refractivity contribution in [1.82, 2.24) is 0 Å². The molecule has 1 saturated carbocycles. The molecule has 0 radical (unpaired) electrons. The highest BCUT2D eigenvalue weighted by Crippen LogP contribution is 2.44. The highest BCUT2D eigenvalue weighted by molar-refractivity contribution is 5.76. The molecule has 1 aromatic rings. The maximum atomic E-state index is 11.3. The quantitative estimate of drug-likeness (QED) is 0.846. The minimum absolute atomic E-state index is 0.474. The predicted molar refractivity (Wildman–Crippen MR) is 63.5 cm³/mol. The maximum Gasteiger partial charge on any atom is 0.309 e. The summed E-state index contributed by atoms with van der Waals surface area (Å²) in [5.41, 5.74) is 3.14. The number of hydrogen-bond donors (Lipinski definition) is 1. The lowest BCUT2D eigenvalue weighted by Crippen LogP contribution is -2.40. The van der Waals surface area contributed by atoms with Crippen LogP contribution in [0.25, 0.3) is 0 Å². The average molecular weight is 218 g/mol. The van der Waals surface area contributed by atoms with Gasteiger partial charge >= 0.3 is 5.97 Å². The predicted octanol–water partition coefficient (Wildman–Crippen LogP) is 3.10. The first-order valence-corrected chi connectivity index (χ1v) is 5.83. The van der Waals surface area contributed by atoms with Gasteiger partial charge in [-0.05, 0) is 44.2 Å². The fraction of sp³-hybridized carbons (Fsp3) is 0.500. The molecular weight excluding hydrogens is 200 g/mol. The van der Waals surface area contributed by atoms with Gasteiger partial charge in [-0.1, -0.05) is 30.2 Å². The lowest BCUT2D eigenvalue weighted by Gasteiger charge is -2.38. The van der Waals surface area contributed by atoms with Gasteiger partial charge in [0.15, 0.2) is 0 Å². The summed E-state index contributed by atoms with van der Waals surface area (Å²) in [4.78, 5) is 11.3. The summed E-state index contributed by atoms with van der Waals surface area (Å²) in [6, 6.07) is 6.28. The molecule has 86 valence electrons. The molecule has 0 unspecified atom stereocenters. The molecule has 0 spiro atoms. The molecular formula is C14H18O2. The Labute approximate surface area is 96.3 Å². The van der Waals surface area contributed by atoms with E-state index in [9.17, 15) is 9.90 Å². The first kappa shape index (κ1) is 11.2. The lowest BCUT2D eigenvalue weighted by atomic mass is 9.65. The van der Waals surface area contributed by atoms with Gasteiger partial charge in [0.1, 0.15) is 0 Å². The number of hydrogen-bond acceptors (Lipinski definition) is 1. The van der Waals surface area contributed by atoms with Crippen LogP contribution in [-0.2, 0) is 11.2 Å². The monoisotopic (exact) mass is 218 g/mol. The first-order valence-electron chi connectivity index (χ1n) is 5.83. The van der Waals surface area contributed by atoms with E-state index in [-0.39, 0.29) is 0 Å². The number of rotatable bonds is 3. The second-order valence-corrected chi connectivity index (χ2v) is 5.05. The fourth-order valence-corrected chi connectivity index (χ4v) is 2.43. The molecule has 16 heavy (non-hydrogen) atoms. The molecule has 1 N–H and O–H groups in total. The second kappa shape index (κ2) is 3.93. The van der Waals surface area contributed by atoms with Crippen LogP contribution >= 0.6 is 0 Å². The minimum Gasteiger partial charge on any atom is -0.481 e. The van der Waals surface area contributed by atoms with E-state index >= 15 is 0 Å². The molecule has 1 fully saturated rings. The Morgan fingerprint density at radius 1 is 1.38 bits per heavy atom. The van der Waals surface area contributed by atoms with Crippen LogP contribution in [0.3, 0.4) is 0 Å². The molecule has 1 aliphatic rings. The highest BCUT2D eigenvalue weighted by Gasteiger charge is 2.44. The van der Waals surface area contributed by atoms with E-state index < -0.39 is 11.4 Å². The van der Waals surface area contributed by atoms with Crippen LogP contribution in [0.4, 0.5) is 0 Å². The molecule has 1 aromatic carbocycles. The van der Waals surface area contributed by atoms with Crippen LogP contribution < -0.4 is 0 Å². The first-order chi connectivity index (χ1) is 7.53. The molecule has 0 aliphatic heterocycles. The van der Waals surface area contributed by atoms with Crippen LogP contribution in [0.5, 0.6) is 0 Å². The van der Waals surface area contributed by atoms with Crippen LogP contribution in [0.1, 0.15) is 36.0 Å². The Bertz CT molecular complexity index is 417. The molecule has 0 heterocycles. The van der Waals surface area contributed by atoms with Gasteiger partial charge in [0.05, 0.1) is 5.41 Å². The highest BCUT2D eigenvalue weighted by atomic mass is 16.4. The summed E-state index contributed by atoms with van der Waals surface area (Å²) in [6.45, 7) is 4.11. The Hall–Kier alpha value is -1.31.